The molecule has 0 aromatic rings. The van der Waals surface area contributed by atoms with Crippen molar-refractivity contribution in [2.24, 2.45) is 5.41 Å². The zero-order chi connectivity index (χ0) is 12.1. The highest BCUT2D eigenvalue weighted by atomic mass is 14.2. The average molecular weight is 206 g/mol. The molecular weight excluding hydrogens is 180 g/mol. The summed E-state index contributed by atoms with van der Waals surface area (Å²) in [5, 5.41) is 0. The summed E-state index contributed by atoms with van der Waals surface area (Å²) in [7, 11) is 0. The summed E-state index contributed by atoms with van der Waals surface area (Å²) in [5.41, 5.74) is 4.71. The van der Waals surface area contributed by atoms with Crippen LogP contribution in [-0.4, -0.2) is 0 Å². The van der Waals surface area contributed by atoms with Gasteiger partial charge in [0.2, 0.25) is 0 Å². The van der Waals surface area contributed by atoms with Crippen molar-refractivity contribution in [3.63, 3.8) is 0 Å². The highest BCUT2D eigenvalue weighted by Crippen LogP contribution is 2.34. The van der Waals surface area contributed by atoms with Gasteiger partial charge < -0.3 is 0 Å². The van der Waals surface area contributed by atoms with Gasteiger partial charge in [-0.1, -0.05) is 42.7 Å². The van der Waals surface area contributed by atoms with Crippen LogP contribution in [0.2, 0.25) is 0 Å². The summed E-state index contributed by atoms with van der Waals surface area (Å²) in [6.07, 6.45) is 6.35. The SMILES string of the molecule is C=CCC(C)=C(C)CC(C)(C)C(C)=CC. The van der Waals surface area contributed by atoms with Crippen LogP contribution in [0.25, 0.3) is 0 Å². The van der Waals surface area contributed by atoms with E-state index >= 15 is 0 Å². The number of hydrogen-bond donors (Lipinski definition) is 0. The number of hydrogen-bond acceptors (Lipinski definition) is 0. The lowest BCUT2D eigenvalue weighted by Crippen LogP contribution is -2.13. The topological polar surface area (TPSA) is 0 Å². The predicted octanol–water partition coefficient (Wildman–Crippen LogP) is 5.28. The van der Waals surface area contributed by atoms with Gasteiger partial charge in [-0.25, -0.2) is 0 Å². The minimum absolute atomic E-state index is 0.279. The summed E-state index contributed by atoms with van der Waals surface area (Å²) < 4.78 is 0. The molecule has 0 saturated heterocycles. The Kier molecular flexibility index (Phi) is 5.64. The van der Waals surface area contributed by atoms with Crippen molar-refractivity contribution in [3.8, 4) is 0 Å². The Morgan fingerprint density at radius 2 is 1.67 bits per heavy atom. The Labute approximate surface area is 95.8 Å². The van der Waals surface area contributed by atoms with Gasteiger partial charge in [0.05, 0.1) is 0 Å². The lowest BCUT2D eigenvalue weighted by Gasteiger charge is -2.27. The van der Waals surface area contributed by atoms with Gasteiger partial charge in [-0.15, -0.1) is 6.58 Å². The molecule has 0 atom stereocenters. The van der Waals surface area contributed by atoms with Crippen LogP contribution < -0.4 is 0 Å². The first-order valence-corrected chi connectivity index (χ1v) is 5.74. The van der Waals surface area contributed by atoms with Crippen LogP contribution >= 0.6 is 0 Å². The maximum Gasteiger partial charge on any atom is -0.0110 e. The van der Waals surface area contributed by atoms with Crippen LogP contribution in [0.4, 0.5) is 0 Å². The number of rotatable bonds is 5. The third-order valence-corrected chi connectivity index (χ3v) is 3.39. The summed E-state index contributed by atoms with van der Waals surface area (Å²) in [6, 6.07) is 0. The van der Waals surface area contributed by atoms with Crippen LogP contribution in [0.1, 0.15) is 54.4 Å². The first-order chi connectivity index (χ1) is 6.85. The van der Waals surface area contributed by atoms with Gasteiger partial charge in [0.25, 0.3) is 0 Å². The Bertz CT molecular complexity index is 274. The third-order valence-electron chi connectivity index (χ3n) is 3.39. The Balaban J connectivity index is 4.73. The molecule has 0 aromatic heterocycles. The molecule has 0 amide bonds. The van der Waals surface area contributed by atoms with Gasteiger partial charge >= 0.3 is 0 Å². The molecule has 0 aromatic carbocycles. The molecule has 0 unspecified atom stereocenters. The van der Waals surface area contributed by atoms with Gasteiger partial charge in [0.15, 0.2) is 0 Å². The summed E-state index contributed by atoms with van der Waals surface area (Å²) in [6.45, 7) is 17.2. The lowest BCUT2D eigenvalue weighted by molar-refractivity contribution is 0.439. The fourth-order valence-corrected chi connectivity index (χ4v) is 1.73. The summed E-state index contributed by atoms with van der Waals surface area (Å²) >= 11 is 0. The van der Waals surface area contributed by atoms with Crippen LogP contribution in [0.5, 0.6) is 0 Å². The molecule has 0 spiro atoms. The summed E-state index contributed by atoms with van der Waals surface area (Å²) in [4.78, 5) is 0. The monoisotopic (exact) mass is 206 g/mol. The normalized spacial score (nSPS) is 14.9. The average Bonchev–Trinajstić information content (AvgIpc) is 2.16. The van der Waals surface area contributed by atoms with Crippen LogP contribution in [-0.2, 0) is 0 Å². The zero-order valence-electron chi connectivity index (χ0n) is 11.3. The zero-order valence-corrected chi connectivity index (χ0v) is 11.3. The van der Waals surface area contributed by atoms with Gasteiger partial charge in [0.1, 0.15) is 0 Å². The van der Waals surface area contributed by atoms with Crippen LogP contribution in [0.3, 0.4) is 0 Å². The molecule has 0 saturated carbocycles. The quantitative estimate of drug-likeness (QED) is 0.537. The molecule has 0 bridgehead atoms. The molecule has 0 heteroatoms. The second-order valence-electron chi connectivity index (χ2n) is 5.09. The molecule has 0 fully saturated rings. The first-order valence-electron chi connectivity index (χ1n) is 5.74. The predicted molar refractivity (Wildman–Crippen MR) is 71.0 cm³/mol. The molecule has 0 aliphatic heterocycles. The van der Waals surface area contributed by atoms with Crippen LogP contribution in [0, 0.1) is 5.41 Å². The van der Waals surface area contributed by atoms with Crippen molar-refractivity contribution in [1.82, 2.24) is 0 Å². The van der Waals surface area contributed by atoms with E-state index in [4.69, 9.17) is 0 Å². The molecule has 0 N–H and O–H groups in total. The van der Waals surface area contributed by atoms with E-state index in [2.05, 4.69) is 54.2 Å². The molecule has 0 aliphatic rings. The van der Waals surface area contributed by atoms with E-state index in [1.165, 1.54) is 16.7 Å². The Morgan fingerprint density at radius 3 is 2.07 bits per heavy atom. The maximum absolute atomic E-state index is 3.79. The van der Waals surface area contributed by atoms with Gasteiger partial charge in [0, 0.05) is 0 Å². The molecule has 0 rings (SSSR count). The van der Waals surface area contributed by atoms with Gasteiger partial charge in [-0.2, -0.15) is 0 Å². The Morgan fingerprint density at radius 1 is 1.13 bits per heavy atom. The van der Waals surface area contributed by atoms with Crippen molar-refractivity contribution in [3.05, 3.63) is 35.5 Å². The van der Waals surface area contributed by atoms with Crippen molar-refractivity contribution in [1.29, 1.82) is 0 Å². The molecule has 15 heavy (non-hydrogen) atoms. The van der Waals surface area contributed by atoms with Crippen LogP contribution in [0.15, 0.2) is 35.5 Å². The fourth-order valence-electron chi connectivity index (χ4n) is 1.73. The molecule has 0 nitrogen and oxygen atoms in total. The lowest BCUT2D eigenvalue weighted by atomic mass is 9.78. The minimum atomic E-state index is 0.279. The highest BCUT2D eigenvalue weighted by Gasteiger charge is 2.20. The largest absolute Gasteiger partial charge is 0.103 e. The van der Waals surface area contributed by atoms with E-state index in [-0.39, 0.29) is 5.41 Å². The van der Waals surface area contributed by atoms with E-state index in [0.717, 1.165) is 12.8 Å². The van der Waals surface area contributed by atoms with E-state index in [9.17, 15) is 0 Å². The van der Waals surface area contributed by atoms with E-state index < -0.39 is 0 Å². The molecule has 0 radical (unpaired) electrons. The van der Waals surface area contributed by atoms with Crippen molar-refractivity contribution in [2.45, 2.75) is 54.4 Å². The number of allylic oxidation sites excluding steroid dienone is 5. The summed E-state index contributed by atoms with van der Waals surface area (Å²) in [5.74, 6) is 0. The van der Waals surface area contributed by atoms with Crippen molar-refractivity contribution >= 4 is 0 Å². The molecule has 0 heterocycles. The van der Waals surface area contributed by atoms with Crippen molar-refractivity contribution < 1.29 is 0 Å². The van der Waals surface area contributed by atoms with Gasteiger partial charge in [-0.05, 0) is 46.0 Å². The fraction of sp³-hybridized carbons (Fsp3) is 0.600. The smallest absolute Gasteiger partial charge is 0.0110 e. The molecule has 0 aliphatic carbocycles. The highest BCUT2D eigenvalue weighted by molar-refractivity contribution is 5.19. The molecular formula is C15H26. The van der Waals surface area contributed by atoms with Crippen molar-refractivity contribution in [2.75, 3.05) is 0 Å². The minimum Gasteiger partial charge on any atom is -0.103 e. The van der Waals surface area contributed by atoms with E-state index in [1.807, 2.05) is 6.08 Å². The second-order valence-corrected chi connectivity index (χ2v) is 5.09. The molecule has 86 valence electrons. The van der Waals surface area contributed by atoms with E-state index in [0.29, 0.717) is 0 Å². The first kappa shape index (κ1) is 14.2. The van der Waals surface area contributed by atoms with Gasteiger partial charge in [-0.3, -0.25) is 0 Å². The van der Waals surface area contributed by atoms with E-state index in [1.54, 1.807) is 0 Å². The standard InChI is InChI=1S/C15H26/c1-8-10-12(3)13(4)11-15(6,7)14(5)9-2/h8-9H,1,10-11H2,2-7H3. The maximum atomic E-state index is 3.79. The Hall–Kier alpha value is -0.780. The third kappa shape index (κ3) is 4.51. The second kappa shape index (κ2) is 5.95.